The molecule has 18 heavy (non-hydrogen) atoms. The highest BCUT2D eigenvalue weighted by Gasteiger charge is 2.15. The van der Waals surface area contributed by atoms with Crippen molar-refractivity contribution in [2.24, 2.45) is 0 Å². The first kappa shape index (κ1) is 12.6. The van der Waals surface area contributed by atoms with E-state index in [1.807, 2.05) is 0 Å². The number of carbonyl (C=O) groups excluding carboxylic acids is 2. The molecule has 2 rings (SSSR count). The zero-order chi connectivity index (χ0) is 13.1. The number of rotatable bonds is 2. The van der Waals surface area contributed by atoms with Gasteiger partial charge in [0.25, 0.3) is 0 Å². The molecule has 0 aliphatic carbocycles. The summed E-state index contributed by atoms with van der Waals surface area (Å²) in [6.07, 6.45) is 4.64. The van der Waals surface area contributed by atoms with E-state index in [0.717, 1.165) is 4.47 Å². The van der Waals surface area contributed by atoms with Crippen LogP contribution in [0.3, 0.4) is 0 Å². The van der Waals surface area contributed by atoms with Crippen LogP contribution < -0.4 is 5.32 Å². The zero-order valence-electron chi connectivity index (χ0n) is 9.68. The van der Waals surface area contributed by atoms with Crippen LogP contribution in [0.2, 0.25) is 0 Å². The maximum absolute atomic E-state index is 12.0. The minimum atomic E-state index is -0.257. The standard InChI is InChI=1S/C13H11BrN2O2/c1-16-11(6-7-15-13(16)18)8-12(17)9-2-4-10(14)5-3-9/h2-8H,1H3,(H,15,18). The maximum Gasteiger partial charge on any atom is 0.325 e. The number of nitrogens with one attached hydrogen (secondary N) is 1. The van der Waals surface area contributed by atoms with Gasteiger partial charge in [-0.15, -0.1) is 0 Å². The molecule has 4 nitrogen and oxygen atoms in total. The minimum absolute atomic E-state index is 0.135. The fourth-order valence-corrected chi connectivity index (χ4v) is 1.77. The summed E-state index contributed by atoms with van der Waals surface area (Å²) in [6, 6.07) is 6.82. The molecule has 0 unspecified atom stereocenters. The van der Waals surface area contributed by atoms with Crippen molar-refractivity contribution >= 4 is 27.7 Å². The molecule has 0 spiro atoms. The maximum atomic E-state index is 12.0. The predicted molar refractivity (Wildman–Crippen MR) is 72.0 cm³/mol. The minimum Gasteiger partial charge on any atom is -0.314 e. The number of halogens is 1. The number of likely N-dealkylation sites (N-methyl/N-ethyl adjacent to an activating group) is 1. The van der Waals surface area contributed by atoms with Crippen LogP contribution in [-0.4, -0.2) is 23.8 Å². The number of urea groups is 1. The first-order valence-corrected chi connectivity index (χ1v) is 6.09. The quantitative estimate of drug-likeness (QED) is 0.674. The number of benzene rings is 1. The van der Waals surface area contributed by atoms with E-state index in [2.05, 4.69) is 21.2 Å². The Hall–Kier alpha value is -1.88. The Labute approximate surface area is 113 Å². The lowest BCUT2D eigenvalue weighted by Crippen LogP contribution is -2.36. The topological polar surface area (TPSA) is 49.4 Å². The van der Waals surface area contributed by atoms with E-state index in [0.29, 0.717) is 11.3 Å². The molecule has 0 fully saturated rings. The van der Waals surface area contributed by atoms with Crippen LogP contribution in [0.1, 0.15) is 10.4 Å². The molecular weight excluding hydrogens is 296 g/mol. The Kier molecular flexibility index (Phi) is 3.62. The van der Waals surface area contributed by atoms with Crippen molar-refractivity contribution in [3.05, 3.63) is 58.4 Å². The molecule has 0 saturated carbocycles. The third-order valence-corrected chi connectivity index (χ3v) is 3.09. The van der Waals surface area contributed by atoms with Gasteiger partial charge < -0.3 is 5.32 Å². The van der Waals surface area contributed by atoms with E-state index < -0.39 is 0 Å². The molecule has 1 N–H and O–H groups in total. The van der Waals surface area contributed by atoms with Crippen LogP contribution in [0, 0.1) is 0 Å². The van der Waals surface area contributed by atoms with E-state index in [1.165, 1.54) is 17.2 Å². The van der Waals surface area contributed by atoms with E-state index in [1.54, 1.807) is 37.4 Å². The summed E-state index contributed by atoms with van der Waals surface area (Å²) in [7, 11) is 1.61. The van der Waals surface area contributed by atoms with Crippen molar-refractivity contribution in [1.29, 1.82) is 0 Å². The second-order valence-corrected chi connectivity index (χ2v) is 4.70. The SMILES string of the molecule is CN1C(=O)NC=CC1=CC(=O)c1ccc(Br)cc1. The van der Waals surface area contributed by atoms with Gasteiger partial charge in [0, 0.05) is 29.4 Å². The fraction of sp³-hybridized carbons (Fsp3) is 0.0769. The summed E-state index contributed by atoms with van der Waals surface area (Å²) < 4.78 is 0.917. The summed E-state index contributed by atoms with van der Waals surface area (Å²) >= 11 is 3.31. The molecule has 1 aromatic carbocycles. The van der Waals surface area contributed by atoms with Crippen LogP contribution in [0.4, 0.5) is 4.79 Å². The number of hydrogen-bond acceptors (Lipinski definition) is 2. The van der Waals surface area contributed by atoms with Crippen LogP contribution in [-0.2, 0) is 0 Å². The molecule has 1 aliphatic rings. The van der Waals surface area contributed by atoms with E-state index in [-0.39, 0.29) is 11.8 Å². The number of nitrogens with zero attached hydrogens (tertiary/aromatic N) is 1. The van der Waals surface area contributed by atoms with Gasteiger partial charge in [-0.3, -0.25) is 9.69 Å². The Balaban J connectivity index is 2.25. The highest BCUT2D eigenvalue weighted by atomic mass is 79.9. The number of carbonyl (C=O) groups is 2. The number of ketones is 1. The normalized spacial score (nSPS) is 16.9. The molecule has 0 aromatic heterocycles. The highest BCUT2D eigenvalue weighted by molar-refractivity contribution is 9.10. The highest BCUT2D eigenvalue weighted by Crippen LogP contribution is 2.14. The molecule has 0 atom stereocenters. The second-order valence-electron chi connectivity index (χ2n) is 3.78. The van der Waals surface area contributed by atoms with E-state index >= 15 is 0 Å². The molecule has 0 saturated heterocycles. The summed E-state index contributed by atoms with van der Waals surface area (Å²) in [5.74, 6) is -0.135. The van der Waals surface area contributed by atoms with Crippen LogP contribution in [0.15, 0.2) is 52.8 Å². The molecule has 5 heteroatoms. The van der Waals surface area contributed by atoms with Crippen molar-refractivity contribution in [1.82, 2.24) is 10.2 Å². The summed E-state index contributed by atoms with van der Waals surface area (Å²) in [5, 5.41) is 2.53. The molecule has 0 radical (unpaired) electrons. The van der Waals surface area contributed by atoms with Gasteiger partial charge in [-0.1, -0.05) is 15.9 Å². The Morgan fingerprint density at radius 1 is 1.33 bits per heavy atom. The molecule has 1 aliphatic heterocycles. The van der Waals surface area contributed by atoms with Gasteiger partial charge in [0.15, 0.2) is 5.78 Å². The van der Waals surface area contributed by atoms with Crippen molar-refractivity contribution < 1.29 is 9.59 Å². The van der Waals surface area contributed by atoms with Crippen LogP contribution in [0.5, 0.6) is 0 Å². The van der Waals surface area contributed by atoms with Crippen LogP contribution in [0.25, 0.3) is 0 Å². The van der Waals surface area contributed by atoms with Gasteiger partial charge in [0.1, 0.15) is 0 Å². The first-order chi connectivity index (χ1) is 8.58. The number of amides is 2. The first-order valence-electron chi connectivity index (χ1n) is 5.30. The molecule has 0 bridgehead atoms. The number of hydrogen-bond donors (Lipinski definition) is 1. The summed E-state index contributed by atoms with van der Waals surface area (Å²) in [5.41, 5.74) is 1.14. The Morgan fingerprint density at radius 2 is 2.00 bits per heavy atom. The van der Waals surface area contributed by atoms with Gasteiger partial charge >= 0.3 is 6.03 Å². The monoisotopic (exact) mass is 306 g/mol. The van der Waals surface area contributed by atoms with Gasteiger partial charge in [-0.25, -0.2) is 4.79 Å². The largest absolute Gasteiger partial charge is 0.325 e. The predicted octanol–water partition coefficient (Wildman–Crippen LogP) is 2.68. The van der Waals surface area contributed by atoms with Gasteiger partial charge in [-0.2, -0.15) is 0 Å². The molecule has 1 aromatic rings. The number of allylic oxidation sites excluding steroid dienone is 2. The van der Waals surface area contributed by atoms with E-state index in [9.17, 15) is 9.59 Å². The Bertz CT molecular complexity index is 547. The lowest BCUT2D eigenvalue weighted by Gasteiger charge is -2.21. The fourth-order valence-electron chi connectivity index (χ4n) is 1.50. The third-order valence-electron chi connectivity index (χ3n) is 2.56. The molecular formula is C13H11BrN2O2. The van der Waals surface area contributed by atoms with Gasteiger partial charge in [0.2, 0.25) is 0 Å². The molecule has 1 heterocycles. The average molecular weight is 307 g/mol. The van der Waals surface area contributed by atoms with Crippen molar-refractivity contribution in [3.63, 3.8) is 0 Å². The van der Waals surface area contributed by atoms with E-state index in [4.69, 9.17) is 0 Å². The van der Waals surface area contributed by atoms with Gasteiger partial charge in [-0.05, 0) is 30.3 Å². The molecule has 92 valence electrons. The lowest BCUT2D eigenvalue weighted by atomic mass is 10.1. The average Bonchev–Trinajstić information content (AvgIpc) is 2.36. The Morgan fingerprint density at radius 3 is 2.67 bits per heavy atom. The van der Waals surface area contributed by atoms with Crippen molar-refractivity contribution in [2.75, 3.05) is 7.05 Å². The van der Waals surface area contributed by atoms with Crippen molar-refractivity contribution in [2.45, 2.75) is 0 Å². The zero-order valence-corrected chi connectivity index (χ0v) is 11.3. The second kappa shape index (κ2) is 5.18. The smallest absolute Gasteiger partial charge is 0.314 e. The third kappa shape index (κ3) is 2.68. The lowest BCUT2D eigenvalue weighted by molar-refractivity contribution is 0.104. The van der Waals surface area contributed by atoms with Crippen LogP contribution >= 0.6 is 15.9 Å². The molecule has 2 amide bonds. The summed E-state index contributed by atoms with van der Waals surface area (Å²) in [6.45, 7) is 0. The van der Waals surface area contributed by atoms with Gasteiger partial charge in [0.05, 0.1) is 5.70 Å². The summed E-state index contributed by atoms with van der Waals surface area (Å²) in [4.78, 5) is 24.8. The van der Waals surface area contributed by atoms with Crippen molar-refractivity contribution in [3.8, 4) is 0 Å².